The number of nitrogens with one attached hydrogen (secondary N) is 1. The molecule has 0 spiro atoms. The molecule has 0 aliphatic rings. The van der Waals surface area contributed by atoms with E-state index < -0.39 is 17.1 Å². The molecular formula is C11H15NO3. The van der Waals surface area contributed by atoms with E-state index in [0.29, 0.717) is 5.69 Å². The third kappa shape index (κ3) is 3.23. The lowest BCUT2D eigenvalue weighted by Gasteiger charge is -2.19. The van der Waals surface area contributed by atoms with Crippen molar-refractivity contribution in [3.05, 3.63) is 33.7 Å². The van der Waals surface area contributed by atoms with Gasteiger partial charge in [-0.05, 0) is 39.8 Å². The molecular weight excluding hydrogens is 194 g/mol. The number of aromatic nitrogens is 1. The molecule has 0 saturated heterocycles. The van der Waals surface area contributed by atoms with Crippen LogP contribution in [0.3, 0.4) is 0 Å². The van der Waals surface area contributed by atoms with Gasteiger partial charge in [0.25, 0.3) is 5.56 Å². The highest BCUT2D eigenvalue weighted by atomic mass is 16.6. The second-order valence-corrected chi connectivity index (χ2v) is 4.39. The summed E-state index contributed by atoms with van der Waals surface area (Å²) in [6.07, 6.45) is 0. The Labute approximate surface area is 88.3 Å². The molecule has 0 saturated carbocycles. The van der Waals surface area contributed by atoms with E-state index in [0.717, 1.165) is 0 Å². The number of carbonyl (C=O) groups is 1. The van der Waals surface area contributed by atoms with Crippen LogP contribution in [0.5, 0.6) is 0 Å². The quantitative estimate of drug-likeness (QED) is 0.715. The highest BCUT2D eigenvalue weighted by Crippen LogP contribution is 2.09. The van der Waals surface area contributed by atoms with Crippen LogP contribution in [-0.4, -0.2) is 16.6 Å². The van der Waals surface area contributed by atoms with Gasteiger partial charge < -0.3 is 9.72 Å². The summed E-state index contributed by atoms with van der Waals surface area (Å²) in [6, 6.07) is 3.14. The monoisotopic (exact) mass is 209 g/mol. The van der Waals surface area contributed by atoms with Crippen molar-refractivity contribution in [3.8, 4) is 0 Å². The Kier molecular flexibility index (Phi) is 2.98. The fourth-order valence-corrected chi connectivity index (χ4v) is 1.07. The predicted octanol–water partition coefficient (Wildman–Crippen LogP) is 1.64. The Morgan fingerprint density at radius 2 is 1.93 bits per heavy atom. The maximum Gasteiger partial charge on any atom is 0.344 e. The van der Waals surface area contributed by atoms with Crippen LogP contribution in [0.4, 0.5) is 0 Å². The summed E-state index contributed by atoms with van der Waals surface area (Å²) in [5.74, 6) is -0.594. The maximum absolute atomic E-state index is 11.6. The van der Waals surface area contributed by atoms with Gasteiger partial charge in [0, 0.05) is 5.69 Å². The zero-order chi connectivity index (χ0) is 11.6. The number of hydrogen-bond donors (Lipinski definition) is 1. The van der Waals surface area contributed by atoms with E-state index in [1.165, 1.54) is 6.07 Å². The molecule has 1 rings (SSSR count). The summed E-state index contributed by atoms with van der Waals surface area (Å²) in [4.78, 5) is 25.5. The van der Waals surface area contributed by atoms with Crippen molar-refractivity contribution in [3.63, 3.8) is 0 Å². The molecule has 1 heterocycles. The molecule has 0 aliphatic heterocycles. The van der Waals surface area contributed by atoms with Gasteiger partial charge in [-0.15, -0.1) is 0 Å². The van der Waals surface area contributed by atoms with Crippen LogP contribution in [0.25, 0.3) is 0 Å². The molecule has 4 heteroatoms. The predicted molar refractivity (Wildman–Crippen MR) is 57.0 cm³/mol. The van der Waals surface area contributed by atoms with Crippen molar-refractivity contribution >= 4 is 5.97 Å². The molecule has 1 N–H and O–H groups in total. The Morgan fingerprint density at radius 3 is 2.40 bits per heavy atom. The lowest BCUT2D eigenvalue weighted by atomic mass is 10.2. The van der Waals surface area contributed by atoms with E-state index in [1.807, 2.05) is 0 Å². The van der Waals surface area contributed by atoms with Gasteiger partial charge in [-0.25, -0.2) is 4.79 Å². The summed E-state index contributed by atoms with van der Waals surface area (Å²) in [6.45, 7) is 7.02. The molecule has 0 aromatic carbocycles. The van der Waals surface area contributed by atoms with Gasteiger partial charge in [0.15, 0.2) is 0 Å². The Bertz CT molecular complexity index is 426. The van der Waals surface area contributed by atoms with Gasteiger partial charge in [0.05, 0.1) is 0 Å². The van der Waals surface area contributed by atoms with Crippen molar-refractivity contribution in [1.82, 2.24) is 4.98 Å². The number of rotatable bonds is 1. The van der Waals surface area contributed by atoms with Crippen LogP contribution < -0.4 is 5.56 Å². The summed E-state index contributed by atoms with van der Waals surface area (Å²) in [7, 11) is 0. The summed E-state index contributed by atoms with van der Waals surface area (Å²) < 4.78 is 5.09. The third-order valence-electron chi connectivity index (χ3n) is 1.67. The zero-order valence-corrected chi connectivity index (χ0v) is 9.38. The minimum atomic E-state index is -0.594. The minimum Gasteiger partial charge on any atom is -0.456 e. The van der Waals surface area contributed by atoms with Gasteiger partial charge in [0.2, 0.25) is 0 Å². The van der Waals surface area contributed by atoms with Crippen LogP contribution in [0.2, 0.25) is 0 Å². The van der Waals surface area contributed by atoms with Gasteiger partial charge in [-0.2, -0.15) is 0 Å². The summed E-state index contributed by atoms with van der Waals surface area (Å²) in [5.41, 5.74) is -0.249. The number of H-pyrrole nitrogens is 1. The molecule has 0 fully saturated rings. The average molecular weight is 209 g/mol. The van der Waals surface area contributed by atoms with E-state index in [2.05, 4.69) is 4.98 Å². The molecule has 0 aliphatic carbocycles. The lowest BCUT2D eigenvalue weighted by Crippen LogP contribution is -2.28. The normalized spacial score (nSPS) is 11.2. The Balaban J connectivity index is 2.98. The second-order valence-electron chi connectivity index (χ2n) is 4.39. The van der Waals surface area contributed by atoms with Crippen molar-refractivity contribution in [2.75, 3.05) is 0 Å². The topological polar surface area (TPSA) is 59.2 Å². The van der Waals surface area contributed by atoms with E-state index in [4.69, 9.17) is 4.74 Å². The lowest BCUT2D eigenvalue weighted by molar-refractivity contribution is 0.00675. The Morgan fingerprint density at radius 1 is 1.33 bits per heavy atom. The Hall–Kier alpha value is -1.58. The van der Waals surface area contributed by atoms with Gasteiger partial charge >= 0.3 is 5.97 Å². The van der Waals surface area contributed by atoms with Gasteiger partial charge in [-0.3, -0.25) is 4.79 Å². The molecule has 82 valence electrons. The molecule has 15 heavy (non-hydrogen) atoms. The van der Waals surface area contributed by atoms with Crippen molar-refractivity contribution in [2.24, 2.45) is 0 Å². The van der Waals surface area contributed by atoms with Gasteiger partial charge in [0.1, 0.15) is 11.2 Å². The molecule has 0 unspecified atom stereocenters. The number of aryl methyl sites for hydroxylation is 1. The van der Waals surface area contributed by atoms with Crippen LogP contribution >= 0.6 is 0 Å². The van der Waals surface area contributed by atoms with Crippen LogP contribution in [-0.2, 0) is 4.74 Å². The fraction of sp³-hybridized carbons (Fsp3) is 0.455. The number of carbonyl (C=O) groups excluding carboxylic acids is 1. The molecule has 4 nitrogen and oxygen atoms in total. The highest BCUT2D eigenvalue weighted by Gasteiger charge is 2.19. The van der Waals surface area contributed by atoms with Crippen molar-refractivity contribution in [1.29, 1.82) is 0 Å². The van der Waals surface area contributed by atoms with Crippen molar-refractivity contribution < 1.29 is 9.53 Å². The maximum atomic E-state index is 11.6. The zero-order valence-electron chi connectivity index (χ0n) is 9.38. The van der Waals surface area contributed by atoms with E-state index in [9.17, 15) is 9.59 Å². The van der Waals surface area contributed by atoms with Crippen LogP contribution in [0.15, 0.2) is 16.9 Å². The van der Waals surface area contributed by atoms with E-state index in [1.54, 1.807) is 33.8 Å². The van der Waals surface area contributed by atoms with E-state index in [-0.39, 0.29) is 5.56 Å². The summed E-state index contributed by atoms with van der Waals surface area (Å²) >= 11 is 0. The molecule has 0 bridgehead atoms. The van der Waals surface area contributed by atoms with Crippen LogP contribution in [0.1, 0.15) is 36.8 Å². The van der Waals surface area contributed by atoms with Gasteiger partial charge in [-0.1, -0.05) is 0 Å². The smallest absolute Gasteiger partial charge is 0.344 e. The average Bonchev–Trinajstić information content (AvgIpc) is 1.99. The van der Waals surface area contributed by atoms with E-state index >= 15 is 0 Å². The molecule has 0 radical (unpaired) electrons. The first-order valence-corrected chi connectivity index (χ1v) is 4.73. The first kappa shape index (κ1) is 11.5. The van der Waals surface area contributed by atoms with Crippen LogP contribution in [0, 0.1) is 6.92 Å². The molecule has 1 aromatic heterocycles. The first-order valence-electron chi connectivity index (χ1n) is 4.73. The standard InChI is InChI=1S/C11H15NO3/c1-7-5-6-8(9(13)12-7)10(14)15-11(2,3)4/h5-6H,1-4H3,(H,12,13). The summed E-state index contributed by atoms with van der Waals surface area (Å²) in [5, 5.41) is 0. The first-order chi connectivity index (χ1) is 6.79. The SMILES string of the molecule is Cc1ccc(C(=O)OC(C)(C)C)c(=O)[nH]1. The third-order valence-corrected chi connectivity index (χ3v) is 1.67. The number of hydrogen-bond acceptors (Lipinski definition) is 3. The van der Waals surface area contributed by atoms with Crippen molar-refractivity contribution in [2.45, 2.75) is 33.3 Å². The highest BCUT2D eigenvalue weighted by molar-refractivity contribution is 5.89. The number of ether oxygens (including phenoxy) is 1. The largest absolute Gasteiger partial charge is 0.456 e. The molecule has 1 aromatic rings. The number of aromatic amines is 1. The number of pyridine rings is 1. The minimum absolute atomic E-state index is 0.0375. The second kappa shape index (κ2) is 3.88. The fourth-order valence-electron chi connectivity index (χ4n) is 1.07. The molecule has 0 atom stereocenters. The molecule has 0 amide bonds. The number of esters is 1.